The van der Waals surface area contributed by atoms with E-state index in [2.05, 4.69) is 5.32 Å². The number of rotatable bonds is 4. The van der Waals surface area contributed by atoms with Crippen LogP contribution in [-0.2, 0) is 10.1 Å². The summed E-state index contributed by atoms with van der Waals surface area (Å²) < 4.78 is 30.6. The molecule has 0 aliphatic rings. The maximum Gasteiger partial charge on any atom is 0.294 e. The minimum Gasteiger partial charge on any atom is -0.322 e. The molecule has 0 atom stereocenters. The van der Waals surface area contributed by atoms with Crippen LogP contribution in [-0.4, -0.2) is 53.4 Å². The van der Waals surface area contributed by atoms with Gasteiger partial charge in [-0.05, 0) is 36.4 Å². The van der Waals surface area contributed by atoms with Crippen LogP contribution >= 0.6 is 0 Å². The van der Waals surface area contributed by atoms with Crippen molar-refractivity contribution >= 4 is 57.0 Å². The number of anilines is 1. The second-order valence-corrected chi connectivity index (χ2v) is 5.68. The van der Waals surface area contributed by atoms with Crippen molar-refractivity contribution in [2.75, 3.05) is 5.32 Å². The Hall–Kier alpha value is -1.78. The molecule has 1 amide bonds. The summed E-state index contributed by atoms with van der Waals surface area (Å²) in [5.41, 5.74) is 0.397. The van der Waals surface area contributed by atoms with Gasteiger partial charge >= 0.3 is 0 Å². The van der Waals surface area contributed by atoms with Gasteiger partial charge in [-0.25, -0.2) is 0 Å². The number of nitro benzene ring substituents is 1. The molecule has 2 aromatic rings. The van der Waals surface area contributed by atoms with Gasteiger partial charge in [0.05, 0.1) is 9.82 Å². The van der Waals surface area contributed by atoms with E-state index in [9.17, 15) is 23.3 Å². The minimum absolute atomic E-state index is 0. The number of hydrogen-bond donors (Lipinski definition) is 2. The molecule has 8 nitrogen and oxygen atoms in total. The average Bonchev–Trinajstić information content (AvgIpc) is 2.47. The van der Waals surface area contributed by atoms with Crippen molar-refractivity contribution in [2.45, 2.75) is 4.90 Å². The fourth-order valence-electron chi connectivity index (χ4n) is 1.65. The van der Waals surface area contributed by atoms with Crippen LogP contribution in [0.5, 0.6) is 0 Å². The zero-order chi connectivity index (χ0) is 16.3. The molecule has 10 heteroatoms. The first-order chi connectivity index (χ1) is 10.3. The molecule has 0 unspecified atom stereocenters. The van der Waals surface area contributed by atoms with E-state index in [0.29, 0.717) is 5.69 Å². The van der Waals surface area contributed by atoms with Crippen molar-refractivity contribution in [3.8, 4) is 0 Å². The molecule has 2 aromatic carbocycles. The summed E-state index contributed by atoms with van der Waals surface area (Å²) in [6.45, 7) is 0. The fraction of sp³-hybridized carbons (Fsp3) is 0. The van der Waals surface area contributed by atoms with E-state index in [1.807, 2.05) is 0 Å². The van der Waals surface area contributed by atoms with Gasteiger partial charge in [-0.15, -0.1) is 0 Å². The van der Waals surface area contributed by atoms with Gasteiger partial charge in [0.1, 0.15) is 0 Å². The van der Waals surface area contributed by atoms with Crippen LogP contribution in [0, 0.1) is 10.1 Å². The van der Waals surface area contributed by atoms with Crippen LogP contribution in [0.1, 0.15) is 10.4 Å². The molecule has 0 aromatic heterocycles. The molecule has 23 heavy (non-hydrogen) atoms. The Bertz CT molecular complexity index is 819. The number of carbonyl (C=O) groups excluding carboxylic acids is 1. The minimum atomic E-state index is -4.29. The van der Waals surface area contributed by atoms with Crippen LogP contribution in [0.2, 0.25) is 0 Å². The average molecular weight is 345 g/mol. The summed E-state index contributed by atoms with van der Waals surface area (Å²) in [6, 6.07) is 9.92. The Labute approximate surface area is 153 Å². The van der Waals surface area contributed by atoms with Crippen molar-refractivity contribution in [1.29, 1.82) is 0 Å². The van der Waals surface area contributed by atoms with Crippen molar-refractivity contribution in [3.63, 3.8) is 0 Å². The number of carbonyl (C=O) groups is 1. The van der Waals surface area contributed by atoms with Crippen molar-refractivity contribution in [2.24, 2.45) is 0 Å². The van der Waals surface area contributed by atoms with E-state index in [1.165, 1.54) is 36.4 Å². The summed E-state index contributed by atoms with van der Waals surface area (Å²) >= 11 is 0. The summed E-state index contributed by atoms with van der Waals surface area (Å²) in [5.74, 6) is -0.505. The quantitative estimate of drug-likeness (QED) is 0.376. The molecule has 0 aliphatic heterocycles. The first kappa shape index (κ1) is 19.3. The van der Waals surface area contributed by atoms with E-state index in [0.717, 1.165) is 12.1 Å². The number of non-ortho nitro benzene ring substituents is 1. The second kappa shape index (κ2) is 7.66. The number of nitrogens with one attached hydrogen (secondary N) is 1. The monoisotopic (exact) mass is 345 g/mol. The van der Waals surface area contributed by atoms with E-state index >= 15 is 0 Å². The van der Waals surface area contributed by atoms with Gasteiger partial charge in [0.15, 0.2) is 0 Å². The van der Waals surface area contributed by atoms with E-state index in [-0.39, 0.29) is 45.7 Å². The Morgan fingerprint density at radius 3 is 2.00 bits per heavy atom. The summed E-state index contributed by atoms with van der Waals surface area (Å²) in [4.78, 5) is 21.6. The Balaban J connectivity index is 0.00000264. The van der Waals surface area contributed by atoms with Crippen molar-refractivity contribution in [3.05, 3.63) is 64.2 Å². The molecule has 0 aliphatic carbocycles. The Morgan fingerprint density at radius 2 is 1.57 bits per heavy atom. The molecule has 0 spiro atoms. The van der Waals surface area contributed by atoms with E-state index in [1.54, 1.807) is 0 Å². The van der Waals surface area contributed by atoms with Gasteiger partial charge in [-0.2, -0.15) is 8.42 Å². The largest absolute Gasteiger partial charge is 0.322 e. The third kappa shape index (κ3) is 5.12. The maximum atomic E-state index is 11.9. The topological polar surface area (TPSA) is 127 Å². The first-order valence-corrected chi connectivity index (χ1v) is 7.35. The number of nitro groups is 1. The van der Waals surface area contributed by atoms with Gasteiger partial charge < -0.3 is 5.32 Å². The van der Waals surface area contributed by atoms with Gasteiger partial charge in [0.2, 0.25) is 0 Å². The van der Waals surface area contributed by atoms with Gasteiger partial charge in [0.25, 0.3) is 21.7 Å². The van der Waals surface area contributed by atoms with Gasteiger partial charge in [-0.3, -0.25) is 19.5 Å². The van der Waals surface area contributed by atoms with Crippen molar-refractivity contribution in [1.82, 2.24) is 0 Å². The number of amides is 1. The number of hydrogen-bond acceptors (Lipinski definition) is 5. The summed E-state index contributed by atoms with van der Waals surface area (Å²) in [6.07, 6.45) is 0. The van der Waals surface area contributed by atoms with E-state index < -0.39 is 20.9 Å². The normalized spacial score (nSPS) is 10.5. The van der Waals surface area contributed by atoms with Crippen LogP contribution < -0.4 is 5.32 Å². The molecule has 2 rings (SSSR count). The fourth-order valence-corrected chi connectivity index (χ4v) is 2.13. The molecular formula is C13H10N2NaO6S. The van der Waals surface area contributed by atoms with Crippen LogP contribution in [0.25, 0.3) is 0 Å². The first-order valence-electron chi connectivity index (χ1n) is 5.91. The SMILES string of the molecule is O=C(Nc1ccc(S(=O)(=O)O)cc1)c1ccc([N+](=O)[O-])cc1.[Na]. The second-order valence-electron chi connectivity index (χ2n) is 4.26. The predicted molar refractivity (Wildman–Crippen MR) is 83.1 cm³/mol. The standard InChI is InChI=1S/C13H10N2O6S.Na/c16-13(9-1-5-11(6-2-9)15(17)18)14-10-3-7-12(8-4-10)22(19,20)21;/h1-8H,(H,14,16)(H,19,20,21);. The van der Waals surface area contributed by atoms with E-state index in [4.69, 9.17) is 4.55 Å². The molecule has 0 saturated heterocycles. The smallest absolute Gasteiger partial charge is 0.294 e. The molecule has 0 heterocycles. The van der Waals surface area contributed by atoms with Crippen LogP contribution in [0.4, 0.5) is 11.4 Å². The zero-order valence-electron chi connectivity index (χ0n) is 12.0. The molecule has 115 valence electrons. The Kier molecular flexibility index (Phi) is 6.42. The maximum absolute atomic E-state index is 11.9. The third-order valence-electron chi connectivity index (χ3n) is 2.75. The zero-order valence-corrected chi connectivity index (χ0v) is 14.8. The van der Waals surface area contributed by atoms with Crippen molar-refractivity contribution < 1.29 is 22.7 Å². The number of nitrogens with zero attached hydrogens (tertiary/aromatic N) is 1. The van der Waals surface area contributed by atoms with Gasteiger partial charge in [-0.1, -0.05) is 0 Å². The molecular weight excluding hydrogens is 335 g/mol. The molecule has 2 N–H and O–H groups in total. The van der Waals surface area contributed by atoms with Gasteiger partial charge in [0, 0.05) is 52.9 Å². The molecule has 0 bridgehead atoms. The molecule has 0 fully saturated rings. The number of benzene rings is 2. The Morgan fingerprint density at radius 1 is 1.04 bits per heavy atom. The third-order valence-corrected chi connectivity index (χ3v) is 3.62. The molecule has 1 radical (unpaired) electrons. The molecule has 0 saturated carbocycles. The summed E-state index contributed by atoms with van der Waals surface area (Å²) in [7, 11) is -4.29. The van der Waals surface area contributed by atoms with Crippen LogP contribution in [0.15, 0.2) is 53.4 Å². The summed E-state index contributed by atoms with van der Waals surface area (Å²) in [5, 5.41) is 13.0. The predicted octanol–water partition coefficient (Wildman–Crippen LogP) is 1.71. The van der Waals surface area contributed by atoms with Crippen LogP contribution in [0.3, 0.4) is 0 Å².